The summed E-state index contributed by atoms with van der Waals surface area (Å²) in [5.41, 5.74) is 4.05. The lowest BCUT2D eigenvalue weighted by atomic mass is 10.1. The summed E-state index contributed by atoms with van der Waals surface area (Å²) in [6.07, 6.45) is 4.34. The quantitative estimate of drug-likeness (QED) is 0.739. The van der Waals surface area contributed by atoms with Crippen molar-refractivity contribution in [3.63, 3.8) is 0 Å². The van der Waals surface area contributed by atoms with Gasteiger partial charge in [0.25, 0.3) is 5.56 Å². The molecular weight excluding hydrogens is 364 g/mol. The Morgan fingerprint density at radius 1 is 1.07 bits per heavy atom. The zero-order valence-electron chi connectivity index (χ0n) is 17.0. The van der Waals surface area contributed by atoms with E-state index in [1.165, 1.54) is 24.8 Å². The number of aryl methyl sites for hydroxylation is 1. The van der Waals surface area contributed by atoms with Gasteiger partial charge in [-0.05, 0) is 44.7 Å². The highest BCUT2D eigenvalue weighted by Crippen LogP contribution is 2.22. The van der Waals surface area contributed by atoms with E-state index in [1.807, 2.05) is 6.07 Å². The van der Waals surface area contributed by atoms with Crippen molar-refractivity contribution in [2.75, 3.05) is 24.5 Å². The smallest absolute Gasteiger partial charge is 0.255 e. The Balaban J connectivity index is 1.41. The van der Waals surface area contributed by atoms with Gasteiger partial charge >= 0.3 is 0 Å². The van der Waals surface area contributed by atoms with Crippen LogP contribution < -0.4 is 10.5 Å². The van der Waals surface area contributed by atoms with Crippen LogP contribution in [0.4, 0.5) is 5.95 Å². The van der Waals surface area contributed by atoms with E-state index in [-0.39, 0.29) is 5.56 Å². The van der Waals surface area contributed by atoms with Gasteiger partial charge in [0.05, 0.1) is 23.3 Å². The second-order valence-electron chi connectivity index (χ2n) is 8.08. The minimum atomic E-state index is 0.0380. The second kappa shape index (κ2) is 7.63. The van der Waals surface area contributed by atoms with E-state index in [9.17, 15) is 4.79 Å². The zero-order valence-corrected chi connectivity index (χ0v) is 17.0. The standard InChI is InChI=1S/C22H28N6O/c1-2-28-19-9-5-4-8-17(19)23-20(28)15-26-13-10-16-18(14-26)24-22(25-21(16)29)27-11-6-3-7-12-27/h4-5,8-9H,2-3,6-7,10-15H2,1H3,(H,24,25,29). The van der Waals surface area contributed by atoms with Crippen LogP contribution >= 0.6 is 0 Å². The van der Waals surface area contributed by atoms with Gasteiger partial charge in [-0.3, -0.25) is 14.7 Å². The van der Waals surface area contributed by atoms with Crippen LogP contribution in [0.1, 0.15) is 43.3 Å². The highest BCUT2D eigenvalue weighted by atomic mass is 16.1. The largest absolute Gasteiger partial charge is 0.342 e. The first-order valence-electron chi connectivity index (χ1n) is 10.8. The van der Waals surface area contributed by atoms with Crippen molar-refractivity contribution < 1.29 is 0 Å². The number of rotatable bonds is 4. The molecule has 1 N–H and O–H groups in total. The summed E-state index contributed by atoms with van der Waals surface area (Å²) in [5, 5.41) is 0. The summed E-state index contributed by atoms with van der Waals surface area (Å²) >= 11 is 0. The summed E-state index contributed by atoms with van der Waals surface area (Å²) in [5.74, 6) is 1.83. The maximum Gasteiger partial charge on any atom is 0.255 e. The number of aromatic amines is 1. The fourth-order valence-corrected chi connectivity index (χ4v) is 4.67. The fraction of sp³-hybridized carbons (Fsp3) is 0.500. The Bertz CT molecular complexity index is 1080. The van der Waals surface area contributed by atoms with Crippen LogP contribution in [0.3, 0.4) is 0 Å². The van der Waals surface area contributed by atoms with Gasteiger partial charge in [-0.2, -0.15) is 0 Å². The molecule has 0 atom stereocenters. The van der Waals surface area contributed by atoms with Crippen LogP contribution in [-0.2, 0) is 26.1 Å². The molecule has 152 valence electrons. The van der Waals surface area contributed by atoms with E-state index in [4.69, 9.17) is 9.97 Å². The van der Waals surface area contributed by atoms with Crippen molar-refractivity contribution in [1.82, 2.24) is 24.4 Å². The first-order chi connectivity index (χ1) is 14.2. The molecule has 0 aliphatic carbocycles. The topological polar surface area (TPSA) is 70.1 Å². The minimum Gasteiger partial charge on any atom is -0.342 e. The zero-order chi connectivity index (χ0) is 19.8. The van der Waals surface area contributed by atoms with E-state index in [0.717, 1.165) is 67.7 Å². The molecule has 2 aliphatic heterocycles. The number of nitrogens with zero attached hydrogens (tertiary/aromatic N) is 5. The van der Waals surface area contributed by atoms with Crippen molar-refractivity contribution in [1.29, 1.82) is 0 Å². The van der Waals surface area contributed by atoms with Crippen molar-refractivity contribution in [3.05, 3.63) is 51.7 Å². The van der Waals surface area contributed by atoms with Crippen LogP contribution in [0.2, 0.25) is 0 Å². The van der Waals surface area contributed by atoms with E-state index in [1.54, 1.807) is 0 Å². The Labute approximate surface area is 170 Å². The number of benzene rings is 1. The molecule has 0 radical (unpaired) electrons. The van der Waals surface area contributed by atoms with Crippen LogP contribution in [0.5, 0.6) is 0 Å². The molecule has 29 heavy (non-hydrogen) atoms. The highest BCUT2D eigenvalue weighted by Gasteiger charge is 2.24. The average Bonchev–Trinajstić information content (AvgIpc) is 3.11. The SMILES string of the molecule is CCn1c(CN2CCc3c(nc(N4CCCCC4)[nH]c3=O)C2)nc2ccccc21. The van der Waals surface area contributed by atoms with Crippen molar-refractivity contribution in [2.45, 2.75) is 52.2 Å². The lowest BCUT2D eigenvalue weighted by Crippen LogP contribution is -2.38. The number of para-hydroxylation sites is 2. The Hall–Kier alpha value is -2.67. The first-order valence-corrected chi connectivity index (χ1v) is 10.8. The maximum absolute atomic E-state index is 12.7. The van der Waals surface area contributed by atoms with Crippen LogP contribution in [0.25, 0.3) is 11.0 Å². The molecule has 2 aliphatic rings. The molecule has 0 spiro atoms. The van der Waals surface area contributed by atoms with Crippen LogP contribution in [0.15, 0.2) is 29.1 Å². The maximum atomic E-state index is 12.7. The summed E-state index contributed by atoms with van der Waals surface area (Å²) in [6.45, 7) is 7.35. The number of fused-ring (bicyclic) bond motifs is 2. The predicted octanol–water partition coefficient (Wildman–Crippen LogP) is 2.69. The van der Waals surface area contributed by atoms with Gasteiger partial charge in [0.15, 0.2) is 0 Å². The van der Waals surface area contributed by atoms with Gasteiger partial charge in [0, 0.05) is 38.3 Å². The molecule has 0 bridgehead atoms. The molecule has 0 saturated carbocycles. The fourth-order valence-electron chi connectivity index (χ4n) is 4.67. The van der Waals surface area contributed by atoms with Crippen LogP contribution in [0, 0.1) is 0 Å². The first kappa shape index (κ1) is 18.4. The van der Waals surface area contributed by atoms with E-state index >= 15 is 0 Å². The molecule has 7 heteroatoms. The highest BCUT2D eigenvalue weighted by molar-refractivity contribution is 5.75. The van der Waals surface area contributed by atoms with Gasteiger partial charge in [0.2, 0.25) is 5.95 Å². The molecule has 7 nitrogen and oxygen atoms in total. The van der Waals surface area contributed by atoms with Gasteiger partial charge < -0.3 is 9.47 Å². The van der Waals surface area contributed by atoms with Gasteiger partial charge in [-0.25, -0.2) is 9.97 Å². The van der Waals surface area contributed by atoms with Crippen LogP contribution in [-0.4, -0.2) is 44.1 Å². The monoisotopic (exact) mass is 392 g/mol. The number of imidazole rings is 1. The number of hydrogen-bond acceptors (Lipinski definition) is 5. The number of piperidine rings is 1. The molecule has 4 heterocycles. The predicted molar refractivity (Wildman–Crippen MR) is 114 cm³/mol. The molecule has 2 aromatic heterocycles. The third kappa shape index (κ3) is 3.44. The van der Waals surface area contributed by atoms with Gasteiger partial charge in [-0.1, -0.05) is 12.1 Å². The Morgan fingerprint density at radius 3 is 2.72 bits per heavy atom. The molecule has 1 aromatic carbocycles. The van der Waals surface area contributed by atoms with Crippen molar-refractivity contribution in [2.24, 2.45) is 0 Å². The molecule has 1 saturated heterocycles. The summed E-state index contributed by atoms with van der Waals surface area (Å²) in [6, 6.07) is 8.30. The Kier molecular flexibility index (Phi) is 4.83. The summed E-state index contributed by atoms with van der Waals surface area (Å²) in [4.78, 5) is 30.0. The van der Waals surface area contributed by atoms with E-state index in [2.05, 4.69) is 44.5 Å². The molecule has 1 fully saturated rings. The van der Waals surface area contributed by atoms with Crippen molar-refractivity contribution >= 4 is 17.0 Å². The van der Waals surface area contributed by atoms with Gasteiger partial charge in [-0.15, -0.1) is 0 Å². The number of anilines is 1. The minimum absolute atomic E-state index is 0.0380. The summed E-state index contributed by atoms with van der Waals surface area (Å²) in [7, 11) is 0. The third-order valence-electron chi connectivity index (χ3n) is 6.21. The molecule has 3 aromatic rings. The van der Waals surface area contributed by atoms with E-state index in [0.29, 0.717) is 6.54 Å². The lowest BCUT2D eigenvalue weighted by Gasteiger charge is -2.30. The molecule has 5 rings (SSSR count). The van der Waals surface area contributed by atoms with E-state index < -0.39 is 0 Å². The average molecular weight is 393 g/mol. The normalized spacial score (nSPS) is 17.6. The Morgan fingerprint density at radius 2 is 1.90 bits per heavy atom. The molecular formula is C22H28N6O. The number of aromatic nitrogens is 4. The second-order valence-corrected chi connectivity index (χ2v) is 8.08. The molecule has 0 unspecified atom stereocenters. The van der Waals surface area contributed by atoms with Crippen molar-refractivity contribution in [3.8, 4) is 0 Å². The molecule has 0 amide bonds. The third-order valence-corrected chi connectivity index (χ3v) is 6.21. The number of nitrogens with one attached hydrogen (secondary N) is 1. The van der Waals surface area contributed by atoms with Gasteiger partial charge in [0.1, 0.15) is 5.82 Å². The number of hydrogen-bond donors (Lipinski definition) is 1. The summed E-state index contributed by atoms with van der Waals surface area (Å²) < 4.78 is 2.29. The lowest BCUT2D eigenvalue weighted by molar-refractivity contribution is 0.232. The number of H-pyrrole nitrogens is 1.